The number of nitrogens with zero attached hydrogens (tertiary/aromatic N) is 1. The fourth-order valence-electron chi connectivity index (χ4n) is 2.29. The Hall–Kier alpha value is -3.07. The summed E-state index contributed by atoms with van der Waals surface area (Å²) >= 11 is 0. The standard InChI is InChI=1S/C18H20N2O6S/c1-13(21)19-14-4-10-17(11-5-14)27(23,24)20(12-18(22)26-3)15-6-8-16(25-2)9-7-15/h4-11H,12H2,1-3H3,(H,19,21). The van der Waals surface area contributed by atoms with Gasteiger partial charge in [0.05, 0.1) is 24.8 Å². The number of carbonyl (C=O) groups excluding carboxylic acids is 2. The van der Waals surface area contributed by atoms with Gasteiger partial charge in [-0.05, 0) is 48.5 Å². The average molecular weight is 392 g/mol. The highest BCUT2D eigenvalue weighted by molar-refractivity contribution is 7.92. The maximum absolute atomic E-state index is 13.1. The topological polar surface area (TPSA) is 102 Å². The Morgan fingerprint density at radius 2 is 1.59 bits per heavy atom. The molecule has 0 heterocycles. The second kappa shape index (κ2) is 8.54. The van der Waals surface area contributed by atoms with Crippen LogP contribution in [0.5, 0.6) is 5.75 Å². The number of hydrogen-bond donors (Lipinski definition) is 1. The Morgan fingerprint density at radius 3 is 2.07 bits per heavy atom. The molecular formula is C18H20N2O6S. The van der Waals surface area contributed by atoms with Gasteiger partial charge in [0.1, 0.15) is 12.3 Å². The number of anilines is 2. The summed E-state index contributed by atoms with van der Waals surface area (Å²) in [6, 6.07) is 11.9. The number of ether oxygens (including phenoxy) is 2. The Kier molecular flexibility index (Phi) is 6.40. The molecule has 0 bridgehead atoms. The van der Waals surface area contributed by atoms with E-state index in [-0.39, 0.29) is 16.5 Å². The van der Waals surface area contributed by atoms with Crippen molar-refractivity contribution in [3.05, 3.63) is 48.5 Å². The minimum absolute atomic E-state index is 0.0312. The summed E-state index contributed by atoms with van der Waals surface area (Å²) in [5.74, 6) is -0.422. The first-order valence-electron chi connectivity index (χ1n) is 7.89. The van der Waals surface area contributed by atoms with Crippen molar-refractivity contribution in [2.24, 2.45) is 0 Å². The van der Waals surface area contributed by atoms with Crippen LogP contribution in [0.4, 0.5) is 11.4 Å². The summed E-state index contributed by atoms with van der Waals surface area (Å²) in [6.07, 6.45) is 0. The monoisotopic (exact) mass is 392 g/mol. The smallest absolute Gasteiger partial charge is 0.326 e. The van der Waals surface area contributed by atoms with E-state index >= 15 is 0 Å². The predicted molar refractivity (Wildman–Crippen MR) is 100 cm³/mol. The molecular weight excluding hydrogens is 372 g/mol. The number of esters is 1. The van der Waals surface area contributed by atoms with Crippen LogP contribution in [0, 0.1) is 0 Å². The molecule has 0 atom stereocenters. The SMILES string of the molecule is COC(=O)CN(c1ccc(OC)cc1)S(=O)(=O)c1ccc(NC(C)=O)cc1. The molecule has 0 aliphatic heterocycles. The number of nitrogens with one attached hydrogen (secondary N) is 1. The molecule has 0 saturated heterocycles. The van der Waals surface area contributed by atoms with Crippen LogP contribution in [0.2, 0.25) is 0 Å². The number of hydrogen-bond acceptors (Lipinski definition) is 6. The Labute approximate surface area is 157 Å². The van der Waals surface area contributed by atoms with E-state index in [0.29, 0.717) is 11.4 Å². The molecule has 0 aliphatic carbocycles. The van der Waals surface area contributed by atoms with Gasteiger partial charge in [0.25, 0.3) is 10.0 Å². The van der Waals surface area contributed by atoms with Crippen molar-refractivity contribution in [1.82, 2.24) is 0 Å². The largest absolute Gasteiger partial charge is 0.497 e. The first-order valence-corrected chi connectivity index (χ1v) is 9.33. The highest BCUT2D eigenvalue weighted by Crippen LogP contribution is 2.26. The lowest BCUT2D eigenvalue weighted by molar-refractivity contribution is -0.138. The third-order valence-corrected chi connectivity index (χ3v) is 5.41. The molecule has 144 valence electrons. The minimum atomic E-state index is -4.05. The number of rotatable bonds is 7. The van der Waals surface area contributed by atoms with Crippen molar-refractivity contribution >= 4 is 33.3 Å². The van der Waals surface area contributed by atoms with Crippen molar-refractivity contribution in [3.8, 4) is 5.75 Å². The molecule has 1 amide bonds. The van der Waals surface area contributed by atoms with Crippen molar-refractivity contribution in [1.29, 1.82) is 0 Å². The van der Waals surface area contributed by atoms with E-state index in [4.69, 9.17) is 4.74 Å². The number of amides is 1. The zero-order valence-corrected chi connectivity index (χ0v) is 15.9. The van der Waals surface area contributed by atoms with Crippen molar-refractivity contribution < 1.29 is 27.5 Å². The molecule has 0 aromatic heterocycles. The molecule has 0 fully saturated rings. The zero-order valence-electron chi connectivity index (χ0n) is 15.1. The van der Waals surface area contributed by atoms with Gasteiger partial charge in [-0.2, -0.15) is 0 Å². The van der Waals surface area contributed by atoms with Crippen molar-refractivity contribution in [2.45, 2.75) is 11.8 Å². The van der Waals surface area contributed by atoms with Gasteiger partial charge in [0.2, 0.25) is 5.91 Å². The van der Waals surface area contributed by atoms with Gasteiger partial charge in [-0.3, -0.25) is 13.9 Å². The van der Waals surface area contributed by atoms with Crippen molar-refractivity contribution in [3.63, 3.8) is 0 Å². The minimum Gasteiger partial charge on any atom is -0.497 e. The van der Waals surface area contributed by atoms with Gasteiger partial charge in [-0.15, -0.1) is 0 Å². The predicted octanol–water partition coefficient (Wildman–Crippen LogP) is 2.02. The number of methoxy groups -OCH3 is 2. The quantitative estimate of drug-likeness (QED) is 0.724. The Morgan fingerprint density at radius 1 is 1.00 bits per heavy atom. The molecule has 8 nitrogen and oxygen atoms in total. The number of sulfonamides is 1. The van der Waals surface area contributed by atoms with E-state index in [1.54, 1.807) is 12.1 Å². The molecule has 0 spiro atoms. The lowest BCUT2D eigenvalue weighted by atomic mass is 10.3. The summed E-state index contributed by atoms with van der Waals surface area (Å²) in [6.45, 7) is 0.866. The summed E-state index contributed by atoms with van der Waals surface area (Å²) in [5.41, 5.74) is 0.748. The number of carbonyl (C=O) groups is 2. The highest BCUT2D eigenvalue weighted by atomic mass is 32.2. The van der Waals surface area contributed by atoms with Gasteiger partial charge in [-0.1, -0.05) is 0 Å². The van der Waals surface area contributed by atoms with E-state index in [1.807, 2.05) is 0 Å². The van der Waals surface area contributed by atoms with Crippen LogP contribution in [0.1, 0.15) is 6.92 Å². The summed E-state index contributed by atoms with van der Waals surface area (Å²) in [7, 11) is -1.37. The fourth-order valence-corrected chi connectivity index (χ4v) is 3.70. The number of benzene rings is 2. The van der Waals surface area contributed by atoms with E-state index < -0.39 is 22.5 Å². The zero-order chi connectivity index (χ0) is 20.0. The molecule has 0 saturated carbocycles. The van der Waals surface area contributed by atoms with E-state index in [1.165, 1.54) is 57.5 Å². The molecule has 2 aromatic carbocycles. The van der Waals surface area contributed by atoms with Crippen LogP contribution < -0.4 is 14.4 Å². The van der Waals surface area contributed by atoms with Gasteiger partial charge < -0.3 is 14.8 Å². The van der Waals surface area contributed by atoms with Crippen LogP contribution in [-0.4, -0.2) is 41.1 Å². The second-order valence-corrected chi connectivity index (χ2v) is 7.35. The lowest BCUT2D eigenvalue weighted by Crippen LogP contribution is -2.36. The van der Waals surface area contributed by atoms with Crippen LogP contribution in [0.25, 0.3) is 0 Å². The maximum atomic E-state index is 13.1. The lowest BCUT2D eigenvalue weighted by Gasteiger charge is -2.23. The molecule has 2 rings (SSSR count). The first-order chi connectivity index (χ1) is 12.8. The molecule has 9 heteroatoms. The van der Waals surface area contributed by atoms with Gasteiger partial charge in [0, 0.05) is 12.6 Å². The molecule has 27 heavy (non-hydrogen) atoms. The molecule has 2 aromatic rings. The van der Waals surface area contributed by atoms with Crippen LogP contribution in [0.3, 0.4) is 0 Å². The molecule has 1 N–H and O–H groups in total. The van der Waals surface area contributed by atoms with E-state index in [9.17, 15) is 18.0 Å². The van der Waals surface area contributed by atoms with Crippen LogP contribution in [-0.2, 0) is 24.3 Å². The first kappa shape index (κ1) is 20.2. The molecule has 0 unspecified atom stereocenters. The maximum Gasteiger partial charge on any atom is 0.326 e. The third kappa shape index (κ3) is 4.98. The summed E-state index contributed by atoms with van der Waals surface area (Å²) < 4.78 is 36.8. The highest BCUT2D eigenvalue weighted by Gasteiger charge is 2.27. The summed E-state index contributed by atoms with van der Waals surface area (Å²) in [4.78, 5) is 22.8. The summed E-state index contributed by atoms with van der Waals surface area (Å²) in [5, 5.41) is 2.56. The third-order valence-electron chi connectivity index (χ3n) is 3.62. The fraction of sp³-hybridized carbons (Fsp3) is 0.222. The van der Waals surface area contributed by atoms with Crippen molar-refractivity contribution in [2.75, 3.05) is 30.4 Å². The molecule has 0 aliphatic rings. The Balaban J connectivity index is 2.42. The van der Waals surface area contributed by atoms with E-state index in [0.717, 1.165) is 4.31 Å². The normalized spacial score (nSPS) is 10.8. The average Bonchev–Trinajstić information content (AvgIpc) is 2.65. The van der Waals surface area contributed by atoms with Gasteiger partial charge in [-0.25, -0.2) is 8.42 Å². The Bertz CT molecular complexity index is 908. The molecule has 0 radical (unpaired) electrons. The van der Waals surface area contributed by atoms with Gasteiger partial charge in [0.15, 0.2) is 0 Å². The van der Waals surface area contributed by atoms with Gasteiger partial charge >= 0.3 is 5.97 Å². The van der Waals surface area contributed by atoms with Crippen LogP contribution >= 0.6 is 0 Å². The second-order valence-electron chi connectivity index (χ2n) is 5.49. The van der Waals surface area contributed by atoms with E-state index in [2.05, 4.69) is 10.1 Å². The van der Waals surface area contributed by atoms with Crippen LogP contribution in [0.15, 0.2) is 53.4 Å².